The number of rotatable bonds is 4. The van der Waals surface area contributed by atoms with Gasteiger partial charge in [0.05, 0.1) is 0 Å². The van der Waals surface area contributed by atoms with Crippen molar-refractivity contribution in [1.29, 1.82) is 0 Å². The van der Waals surface area contributed by atoms with E-state index in [1.165, 1.54) is 41.9 Å². The molecule has 5 heteroatoms. The molecule has 11 rings (SSSR count). The van der Waals surface area contributed by atoms with E-state index in [0.717, 1.165) is 49.6 Å². The molecule has 3 heterocycles. The summed E-state index contributed by atoms with van der Waals surface area (Å²) in [6, 6.07) is 52.9. The number of benzene rings is 8. The van der Waals surface area contributed by atoms with Crippen LogP contribution >= 0.6 is 11.3 Å². The summed E-state index contributed by atoms with van der Waals surface area (Å²) in [5, 5.41) is 9.40. The molecular formula is C45H25N3OS. The van der Waals surface area contributed by atoms with Crippen molar-refractivity contribution in [1.82, 2.24) is 15.0 Å². The van der Waals surface area contributed by atoms with Crippen molar-refractivity contribution < 1.29 is 4.42 Å². The molecule has 50 heavy (non-hydrogen) atoms. The molecule has 3 aromatic heterocycles. The summed E-state index contributed by atoms with van der Waals surface area (Å²) in [6.45, 7) is 0. The lowest BCUT2D eigenvalue weighted by atomic mass is 9.90. The van der Waals surface area contributed by atoms with E-state index in [2.05, 4.69) is 127 Å². The number of hydrogen-bond acceptors (Lipinski definition) is 5. The van der Waals surface area contributed by atoms with Gasteiger partial charge in [0.25, 0.3) is 0 Å². The molecule has 232 valence electrons. The van der Waals surface area contributed by atoms with Gasteiger partial charge in [-0.1, -0.05) is 127 Å². The normalized spacial score (nSPS) is 12.0. The Bertz CT molecular complexity index is 3070. The zero-order chi connectivity index (χ0) is 32.8. The van der Waals surface area contributed by atoms with E-state index in [0.29, 0.717) is 17.5 Å². The lowest BCUT2D eigenvalue weighted by molar-refractivity contribution is 0.669. The molecule has 0 atom stereocenters. The van der Waals surface area contributed by atoms with Crippen molar-refractivity contribution in [2.24, 2.45) is 0 Å². The summed E-state index contributed by atoms with van der Waals surface area (Å²) in [5.74, 6) is 1.92. The van der Waals surface area contributed by atoms with Crippen LogP contribution in [0, 0.1) is 0 Å². The van der Waals surface area contributed by atoms with Gasteiger partial charge in [0.1, 0.15) is 11.2 Å². The minimum Gasteiger partial charge on any atom is -0.456 e. The Kier molecular flexibility index (Phi) is 5.80. The lowest BCUT2D eigenvalue weighted by Gasteiger charge is -2.15. The number of hydrogen-bond donors (Lipinski definition) is 0. The van der Waals surface area contributed by atoms with Crippen molar-refractivity contribution in [3.63, 3.8) is 0 Å². The van der Waals surface area contributed by atoms with Gasteiger partial charge in [0.15, 0.2) is 17.5 Å². The maximum Gasteiger partial charge on any atom is 0.164 e. The molecule has 0 saturated carbocycles. The largest absolute Gasteiger partial charge is 0.456 e. The minimum absolute atomic E-state index is 0.637. The molecule has 0 spiro atoms. The SMILES string of the molecule is c1ccc(-c2ccc(-c3nc(-c4ccccc4)nc(-c4cc5c6ccccc6sc5c5c6cccc7oc8cccc(c45)c8c76)n3)cc2)cc1. The molecule has 0 aliphatic carbocycles. The van der Waals surface area contributed by atoms with E-state index in [-0.39, 0.29) is 0 Å². The van der Waals surface area contributed by atoms with Gasteiger partial charge >= 0.3 is 0 Å². The van der Waals surface area contributed by atoms with Gasteiger partial charge in [0, 0.05) is 58.4 Å². The van der Waals surface area contributed by atoms with E-state index in [9.17, 15) is 0 Å². The Labute approximate surface area is 290 Å². The Balaban J connectivity index is 1.27. The van der Waals surface area contributed by atoms with Crippen LogP contribution in [0.2, 0.25) is 0 Å². The summed E-state index contributed by atoms with van der Waals surface area (Å²) >= 11 is 1.85. The molecule has 0 saturated heterocycles. The fourth-order valence-electron chi connectivity index (χ4n) is 7.64. The number of aromatic nitrogens is 3. The molecule has 0 N–H and O–H groups in total. The summed E-state index contributed by atoms with van der Waals surface area (Å²) in [7, 11) is 0. The zero-order valence-electron chi connectivity index (χ0n) is 26.6. The van der Waals surface area contributed by atoms with Gasteiger partial charge in [0.2, 0.25) is 0 Å². The van der Waals surface area contributed by atoms with Crippen LogP contribution in [0.4, 0.5) is 0 Å². The Morgan fingerprint density at radius 2 is 0.900 bits per heavy atom. The lowest BCUT2D eigenvalue weighted by Crippen LogP contribution is -2.01. The molecule has 0 fully saturated rings. The predicted molar refractivity (Wildman–Crippen MR) is 208 cm³/mol. The molecule has 0 radical (unpaired) electrons. The van der Waals surface area contributed by atoms with Crippen LogP contribution < -0.4 is 0 Å². The Hall–Kier alpha value is -6.43. The average Bonchev–Trinajstić information content (AvgIpc) is 3.77. The molecule has 4 nitrogen and oxygen atoms in total. The standard InChI is InChI=1S/C45H25N3OS/c1-3-11-26(12-4-1)27-21-23-29(24-22-27)44-46-43(28-13-5-2-6-14-28)47-45(48-44)34-25-33-30-15-7-8-20-37(30)50-42(33)41-32-17-10-19-36-40(32)39-31(38(34)41)16-9-18-35(39)49-36/h1-25H. The Morgan fingerprint density at radius 1 is 0.380 bits per heavy atom. The van der Waals surface area contributed by atoms with E-state index >= 15 is 0 Å². The topological polar surface area (TPSA) is 51.8 Å². The van der Waals surface area contributed by atoms with Gasteiger partial charge in [-0.05, 0) is 46.2 Å². The highest BCUT2D eigenvalue weighted by Crippen LogP contribution is 2.50. The van der Waals surface area contributed by atoms with Crippen molar-refractivity contribution in [2.75, 3.05) is 0 Å². The van der Waals surface area contributed by atoms with Crippen LogP contribution in [0.25, 0.3) is 109 Å². The van der Waals surface area contributed by atoms with E-state index in [1.54, 1.807) is 0 Å². The third kappa shape index (κ3) is 4.01. The second kappa shape index (κ2) is 10.5. The van der Waals surface area contributed by atoms with E-state index < -0.39 is 0 Å². The van der Waals surface area contributed by atoms with Gasteiger partial charge in [-0.25, -0.2) is 15.0 Å². The first kappa shape index (κ1) is 27.5. The summed E-state index contributed by atoms with van der Waals surface area (Å²) in [5.41, 5.74) is 6.97. The highest BCUT2D eigenvalue weighted by Gasteiger charge is 2.24. The number of fused-ring (bicyclic) bond motifs is 7. The van der Waals surface area contributed by atoms with Crippen molar-refractivity contribution in [3.05, 3.63) is 152 Å². The molecular weight excluding hydrogens is 631 g/mol. The van der Waals surface area contributed by atoms with Crippen LogP contribution in [-0.4, -0.2) is 15.0 Å². The van der Waals surface area contributed by atoms with Crippen molar-refractivity contribution >= 4 is 75.0 Å². The van der Waals surface area contributed by atoms with E-state index in [1.807, 2.05) is 35.6 Å². The second-order valence-corrected chi connectivity index (χ2v) is 13.8. The maximum absolute atomic E-state index is 6.46. The van der Waals surface area contributed by atoms with Crippen LogP contribution in [0.15, 0.2) is 156 Å². The summed E-state index contributed by atoms with van der Waals surface area (Å²) in [6.07, 6.45) is 0. The van der Waals surface area contributed by atoms with Crippen molar-refractivity contribution in [3.8, 4) is 45.3 Å². The quantitative estimate of drug-likeness (QED) is 0.177. The number of furan rings is 1. The maximum atomic E-state index is 6.46. The smallest absolute Gasteiger partial charge is 0.164 e. The fraction of sp³-hybridized carbons (Fsp3) is 0. The highest BCUT2D eigenvalue weighted by molar-refractivity contribution is 7.26. The monoisotopic (exact) mass is 655 g/mol. The number of thiophene rings is 1. The molecule has 0 unspecified atom stereocenters. The van der Waals surface area contributed by atoms with Crippen LogP contribution in [-0.2, 0) is 0 Å². The first-order chi connectivity index (χ1) is 24.8. The fourth-order valence-corrected chi connectivity index (χ4v) is 8.89. The molecule has 0 bridgehead atoms. The van der Waals surface area contributed by atoms with Crippen LogP contribution in [0.1, 0.15) is 0 Å². The third-order valence-electron chi connectivity index (χ3n) is 9.89. The van der Waals surface area contributed by atoms with Gasteiger partial charge < -0.3 is 4.42 Å². The third-order valence-corrected chi connectivity index (χ3v) is 11.1. The summed E-state index contributed by atoms with van der Waals surface area (Å²) < 4.78 is 8.97. The first-order valence-corrected chi connectivity index (χ1v) is 17.5. The van der Waals surface area contributed by atoms with Gasteiger partial charge in [-0.3, -0.25) is 0 Å². The first-order valence-electron chi connectivity index (χ1n) is 16.7. The van der Waals surface area contributed by atoms with Gasteiger partial charge in [-0.15, -0.1) is 11.3 Å². The molecule has 8 aromatic carbocycles. The second-order valence-electron chi connectivity index (χ2n) is 12.7. The molecule has 11 aromatic rings. The number of nitrogens with zero attached hydrogens (tertiary/aromatic N) is 3. The summed E-state index contributed by atoms with van der Waals surface area (Å²) in [4.78, 5) is 15.6. The minimum atomic E-state index is 0.637. The van der Waals surface area contributed by atoms with Crippen LogP contribution in [0.3, 0.4) is 0 Å². The van der Waals surface area contributed by atoms with Gasteiger partial charge in [-0.2, -0.15) is 0 Å². The zero-order valence-corrected chi connectivity index (χ0v) is 27.4. The van der Waals surface area contributed by atoms with Crippen molar-refractivity contribution in [2.45, 2.75) is 0 Å². The van der Waals surface area contributed by atoms with E-state index in [4.69, 9.17) is 19.4 Å². The molecule has 0 amide bonds. The molecule has 0 aliphatic rings. The highest BCUT2D eigenvalue weighted by atomic mass is 32.1. The predicted octanol–water partition coefficient (Wildman–Crippen LogP) is 12.6. The Morgan fingerprint density at radius 3 is 1.60 bits per heavy atom. The molecule has 0 aliphatic heterocycles. The van der Waals surface area contributed by atoms with Crippen LogP contribution in [0.5, 0.6) is 0 Å². The average molecular weight is 656 g/mol.